The van der Waals surface area contributed by atoms with Crippen LogP contribution in [0.3, 0.4) is 0 Å². The number of nitriles is 1. The molecule has 0 saturated carbocycles. The molecule has 1 aromatic carbocycles. The predicted octanol–water partition coefficient (Wildman–Crippen LogP) is 2.12. The summed E-state index contributed by atoms with van der Waals surface area (Å²) in [5.41, 5.74) is 0.420. The van der Waals surface area contributed by atoms with Crippen molar-refractivity contribution < 1.29 is 9.13 Å². The zero-order valence-corrected chi connectivity index (χ0v) is 7.17. The zero-order chi connectivity index (χ0) is 9.68. The summed E-state index contributed by atoms with van der Waals surface area (Å²) in [6.07, 6.45) is 1.71. The van der Waals surface area contributed by atoms with Crippen LogP contribution in [0.4, 0.5) is 10.1 Å². The fraction of sp³-hybridized carbons (Fsp3) is 0.222. The molecule has 0 aliphatic rings. The van der Waals surface area contributed by atoms with E-state index in [9.17, 15) is 4.39 Å². The maximum atomic E-state index is 13.1. The van der Waals surface area contributed by atoms with Crippen molar-refractivity contribution in [3.63, 3.8) is 0 Å². The normalized spacial score (nSPS) is 9.00. The van der Waals surface area contributed by atoms with E-state index in [0.717, 1.165) is 0 Å². The second kappa shape index (κ2) is 4.31. The van der Waals surface area contributed by atoms with Gasteiger partial charge >= 0.3 is 0 Å². The molecule has 68 valence electrons. The van der Waals surface area contributed by atoms with Crippen LogP contribution in [0, 0.1) is 17.3 Å². The summed E-state index contributed by atoms with van der Waals surface area (Å²) in [6, 6.07) is 4.28. The maximum absolute atomic E-state index is 13.1. The van der Waals surface area contributed by atoms with Gasteiger partial charge in [0.2, 0.25) is 0 Å². The lowest BCUT2D eigenvalue weighted by atomic mass is 10.3. The molecule has 0 atom stereocenters. The van der Waals surface area contributed by atoms with Crippen molar-refractivity contribution in [2.75, 3.05) is 11.9 Å². The number of hydrogen-bond donors (Lipinski definition) is 1. The van der Waals surface area contributed by atoms with Crippen LogP contribution in [0.1, 0.15) is 6.92 Å². The molecule has 0 spiro atoms. The minimum atomic E-state index is -0.470. The monoisotopic (exact) mass is 180 g/mol. The summed E-state index contributed by atoms with van der Waals surface area (Å²) in [7, 11) is 0. The molecule has 1 rings (SSSR count). The topological polar surface area (TPSA) is 45.0 Å². The summed E-state index contributed by atoms with van der Waals surface area (Å²) in [5.74, 6) is -0.270. The summed E-state index contributed by atoms with van der Waals surface area (Å²) in [5, 5.41) is 10.6. The van der Waals surface area contributed by atoms with E-state index >= 15 is 0 Å². The van der Waals surface area contributed by atoms with E-state index in [0.29, 0.717) is 12.3 Å². The molecule has 0 radical (unpaired) electrons. The summed E-state index contributed by atoms with van der Waals surface area (Å²) in [4.78, 5) is 0. The molecule has 0 aliphatic heterocycles. The second-order valence-corrected chi connectivity index (χ2v) is 2.32. The average molecular weight is 180 g/mol. The molecule has 13 heavy (non-hydrogen) atoms. The molecule has 0 heterocycles. The van der Waals surface area contributed by atoms with Gasteiger partial charge in [-0.15, -0.1) is 0 Å². The van der Waals surface area contributed by atoms with Gasteiger partial charge in [-0.3, -0.25) is 5.32 Å². The Hall–Kier alpha value is -1.76. The third-order valence-corrected chi connectivity index (χ3v) is 1.43. The van der Waals surface area contributed by atoms with Crippen LogP contribution in [-0.4, -0.2) is 6.61 Å². The van der Waals surface area contributed by atoms with E-state index in [1.54, 1.807) is 19.2 Å². The maximum Gasteiger partial charge on any atom is 0.181 e. The number of nitrogens with zero attached hydrogens (tertiary/aromatic N) is 1. The van der Waals surface area contributed by atoms with Crippen molar-refractivity contribution in [3.05, 3.63) is 24.0 Å². The molecule has 0 fully saturated rings. The van der Waals surface area contributed by atoms with Crippen LogP contribution >= 0.6 is 0 Å². The van der Waals surface area contributed by atoms with Crippen LogP contribution < -0.4 is 10.1 Å². The summed E-state index contributed by atoms with van der Waals surface area (Å²) in [6.45, 7) is 2.20. The highest BCUT2D eigenvalue weighted by atomic mass is 19.1. The van der Waals surface area contributed by atoms with Crippen molar-refractivity contribution in [1.29, 1.82) is 5.26 Å². The van der Waals surface area contributed by atoms with Gasteiger partial charge in [-0.1, -0.05) is 0 Å². The highest BCUT2D eigenvalue weighted by Gasteiger charge is 2.02. The van der Waals surface area contributed by atoms with Crippen molar-refractivity contribution in [2.45, 2.75) is 6.92 Å². The first-order chi connectivity index (χ1) is 6.27. The Morgan fingerprint density at radius 3 is 2.92 bits per heavy atom. The zero-order valence-electron chi connectivity index (χ0n) is 7.17. The van der Waals surface area contributed by atoms with Gasteiger partial charge in [0.05, 0.1) is 12.3 Å². The quantitative estimate of drug-likeness (QED) is 0.572. The van der Waals surface area contributed by atoms with Gasteiger partial charge in [0.15, 0.2) is 17.8 Å². The second-order valence-electron chi connectivity index (χ2n) is 2.32. The Bertz CT molecular complexity index is 333. The van der Waals surface area contributed by atoms with Crippen LogP contribution in [0.25, 0.3) is 0 Å². The third kappa shape index (κ3) is 2.34. The number of nitrogens with one attached hydrogen (secondary N) is 1. The van der Waals surface area contributed by atoms with E-state index in [1.165, 1.54) is 12.1 Å². The van der Waals surface area contributed by atoms with Crippen LogP contribution in [-0.2, 0) is 0 Å². The van der Waals surface area contributed by atoms with Gasteiger partial charge in [-0.2, -0.15) is 5.26 Å². The van der Waals surface area contributed by atoms with E-state index in [2.05, 4.69) is 5.32 Å². The van der Waals surface area contributed by atoms with Crippen molar-refractivity contribution in [3.8, 4) is 11.9 Å². The van der Waals surface area contributed by atoms with Gasteiger partial charge in [0.25, 0.3) is 0 Å². The molecule has 0 unspecified atom stereocenters. The first-order valence-electron chi connectivity index (χ1n) is 3.85. The Morgan fingerprint density at radius 2 is 2.38 bits per heavy atom. The van der Waals surface area contributed by atoms with Gasteiger partial charge in [0, 0.05) is 6.07 Å². The molecule has 1 N–H and O–H groups in total. The lowest BCUT2D eigenvalue weighted by molar-refractivity contribution is 0.321. The fourth-order valence-corrected chi connectivity index (χ4v) is 0.916. The van der Waals surface area contributed by atoms with Crippen molar-refractivity contribution in [1.82, 2.24) is 0 Å². The number of hydrogen-bond acceptors (Lipinski definition) is 3. The minimum absolute atomic E-state index is 0.200. The molecular weight excluding hydrogens is 171 g/mol. The fourth-order valence-electron chi connectivity index (χ4n) is 0.916. The minimum Gasteiger partial charge on any atom is -0.491 e. The van der Waals surface area contributed by atoms with Gasteiger partial charge in [0.1, 0.15) is 0 Å². The molecule has 0 amide bonds. The van der Waals surface area contributed by atoms with E-state index in [-0.39, 0.29) is 5.75 Å². The van der Waals surface area contributed by atoms with Gasteiger partial charge in [-0.05, 0) is 19.1 Å². The Morgan fingerprint density at radius 1 is 1.62 bits per heavy atom. The standard InChI is InChI=1S/C9H9FN2O/c1-2-13-9-4-3-7(12-6-11)5-8(9)10/h3-5,12H,2H2,1H3. The van der Waals surface area contributed by atoms with E-state index in [1.807, 2.05) is 0 Å². The Balaban J connectivity index is 2.86. The lowest BCUT2D eigenvalue weighted by Crippen LogP contribution is -1.95. The molecule has 0 aliphatic carbocycles. The largest absolute Gasteiger partial charge is 0.491 e. The van der Waals surface area contributed by atoms with Crippen LogP contribution in [0.5, 0.6) is 5.75 Å². The summed E-state index contributed by atoms with van der Waals surface area (Å²) >= 11 is 0. The smallest absolute Gasteiger partial charge is 0.181 e. The summed E-state index contributed by atoms with van der Waals surface area (Å²) < 4.78 is 18.1. The average Bonchev–Trinajstić information content (AvgIpc) is 2.10. The van der Waals surface area contributed by atoms with Crippen LogP contribution in [0.2, 0.25) is 0 Å². The SMILES string of the molecule is CCOc1ccc(NC#N)cc1F. The Labute approximate surface area is 75.7 Å². The van der Waals surface area contributed by atoms with Crippen molar-refractivity contribution >= 4 is 5.69 Å². The first kappa shape index (κ1) is 9.33. The van der Waals surface area contributed by atoms with Gasteiger partial charge < -0.3 is 4.74 Å². The van der Waals surface area contributed by atoms with E-state index < -0.39 is 5.82 Å². The van der Waals surface area contributed by atoms with Crippen molar-refractivity contribution in [2.24, 2.45) is 0 Å². The number of anilines is 1. The molecule has 0 aromatic heterocycles. The third-order valence-electron chi connectivity index (χ3n) is 1.43. The van der Waals surface area contributed by atoms with E-state index in [4.69, 9.17) is 10.00 Å². The van der Waals surface area contributed by atoms with Crippen LogP contribution in [0.15, 0.2) is 18.2 Å². The molecular formula is C9H9FN2O. The molecule has 4 heteroatoms. The molecule has 3 nitrogen and oxygen atoms in total. The van der Waals surface area contributed by atoms with Gasteiger partial charge in [-0.25, -0.2) is 4.39 Å². The number of benzene rings is 1. The highest BCUT2D eigenvalue weighted by Crippen LogP contribution is 2.20. The molecule has 0 bridgehead atoms. The first-order valence-corrected chi connectivity index (χ1v) is 3.85. The predicted molar refractivity (Wildman–Crippen MR) is 46.8 cm³/mol. The molecule has 0 saturated heterocycles. The number of ether oxygens (including phenoxy) is 1. The highest BCUT2D eigenvalue weighted by molar-refractivity contribution is 5.49. The Kier molecular flexibility index (Phi) is 3.09. The molecule has 1 aromatic rings. The lowest BCUT2D eigenvalue weighted by Gasteiger charge is -2.04. The number of rotatable bonds is 3. The number of halogens is 1.